The lowest BCUT2D eigenvalue weighted by Gasteiger charge is -2.35. The SMILES string of the molecule is C[S+](Br)P(=O)(C(C)(C)C)C(C)(C)C. The van der Waals surface area contributed by atoms with E-state index in [0.29, 0.717) is 0 Å². The van der Waals surface area contributed by atoms with Crippen LogP contribution in [0.25, 0.3) is 0 Å². The maximum Gasteiger partial charge on any atom is 0.288 e. The Hall–Kier alpha value is 1.06. The van der Waals surface area contributed by atoms with Gasteiger partial charge in [-0.05, 0) is 41.5 Å². The molecule has 13 heavy (non-hydrogen) atoms. The molecule has 0 amide bonds. The average Bonchev–Trinajstić information content (AvgIpc) is 1.80. The predicted molar refractivity (Wildman–Crippen MR) is 69.3 cm³/mol. The molecule has 0 saturated carbocycles. The number of hydrogen-bond donors (Lipinski definition) is 0. The van der Waals surface area contributed by atoms with Gasteiger partial charge in [-0.15, -0.1) is 0 Å². The fraction of sp³-hybridized carbons (Fsp3) is 1.00. The molecule has 0 aromatic rings. The van der Waals surface area contributed by atoms with E-state index < -0.39 is 6.34 Å². The molecule has 0 bridgehead atoms. The van der Waals surface area contributed by atoms with Gasteiger partial charge in [-0.2, -0.15) is 0 Å². The van der Waals surface area contributed by atoms with Crippen molar-refractivity contribution in [2.24, 2.45) is 0 Å². The summed E-state index contributed by atoms with van der Waals surface area (Å²) in [6, 6.07) is 0. The summed E-state index contributed by atoms with van der Waals surface area (Å²) in [5.41, 5.74) is 0. The largest absolute Gasteiger partial charge is 0.288 e. The van der Waals surface area contributed by atoms with Gasteiger partial charge in [-0.25, -0.2) is 0 Å². The zero-order valence-electron chi connectivity index (χ0n) is 9.64. The molecule has 0 N–H and O–H groups in total. The molecule has 0 saturated heterocycles. The van der Waals surface area contributed by atoms with Crippen LogP contribution in [-0.4, -0.2) is 16.6 Å². The van der Waals surface area contributed by atoms with E-state index in [9.17, 15) is 4.57 Å². The minimum Gasteiger partial charge on any atom is -0.263 e. The van der Waals surface area contributed by atoms with Crippen LogP contribution in [0.3, 0.4) is 0 Å². The Morgan fingerprint density at radius 3 is 1.23 bits per heavy atom. The zero-order chi connectivity index (χ0) is 11.1. The van der Waals surface area contributed by atoms with Crippen molar-refractivity contribution in [3.8, 4) is 0 Å². The first-order valence-corrected chi connectivity index (χ1v) is 10.2. The highest BCUT2D eigenvalue weighted by atomic mass is 79.9. The molecule has 0 aliphatic carbocycles. The highest BCUT2D eigenvalue weighted by molar-refractivity contribution is 9.55. The Balaban J connectivity index is 5.37. The van der Waals surface area contributed by atoms with E-state index >= 15 is 0 Å². The van der Waals surface area contributed by atoms with Gasteiger partial charge in [-0.1, -0.05) is 0 Å². The van der Waals surface area contributed by atoms with Crippen LogP contribution in [0.5, 0.6) is 0 Å². The summed E-state index contributed by atoms with van der Waals surface area (Å²) in [4.78, 5) is 0. The second-order valence-corrected chi connectivity index (χ2v) is 17.5. The van der Waals surface area contributed by atoms with E-state index in [2.05, 4.69) is 56.4 Å². The standard InChI is InChI=1S/C9H21BrOPS/c1-8(2,3)12(11,13(7)10)9(4,5)6/h1-7H3/q+1. The number of hydrogen-bond acceptors (Lipinski definition) is 1. The number of rotatable bonds is 1. The molecule has 0 aliphatic rings. The van der Waals surface area contributed by atoms with Gasteiger partial charge in [0.05, 0.1) is 10.3 Å². The van der Waals surface area contributed by atoms with E-state index in [-0.39, 0.29) is 19.3 Å². The molecule has 0 heterocycles. The van der Waals surface area contributed by atoms with Gasteiger partial charge in [0.15, 0.2) is 0 Å². The van der Waals surface area contributed by atoms with E-state index in [1.807, 2.05) is 6.26 Å². The lowest BCUT2D eigenvalue weighted by Crippen LogP contribution is -2.31. The summed E-state index contributed by atoms with van der Waals surface area (Å²) >= 11 is 3.53. The summed E-state index contributed by atoms with van der Waals surface area (Å²) < 4.78 is 12.9. The predicted octanol–water partition coefficient (Wildman–Crippen LogP) is 4.42. The molecule has 0 aromatic carbocycles. The van der Waals surface area contributed by atoms with E-state index in [1.165, 1.54) is 0 Å². The van der Waals surface area contributed by atoms with Crippen LogP contribution in [0.2, 0.25) is 0 Å². The highest BCUT2D eigenvalue weighted by Gasteiger charge is 2.57. The van der Waals surface area contributed by atoms with Crippen LogP contribution in [0.15, 0.2) is 0 Å². The maximum atomic E-state index is 12.9. The van der Waals surface area contributed by atoms with E-state index in [4.69, 9.17) is 0 Å². The van der Waals surface area contributed by atoms with Crippen molar-refractivity contribution in [1.29, 1.82) is 0 Å². The molecule has 0 radical (unpaired) electrons. The normalized spacial score (nSPS) is 17.2. The Morgan fingerprint density at radius 2 is 1.23 bits per heavy atom. The third-order valence-electron chi connectivity index (χ3n) is 2.12. The summed E-state index contributed by atoms with van der Waals surface area (Å²) in [7, 11) is -0.190. The zero-order valence-corrected chi connectivity index (χ0v) is 12.9. The van der Waals surface area contributed by atoms with Gasteiger partial charge in [0.1, 0.15) is 15.2 Å². The van der Waals surface area contributed by atoms with Gasteiger partial charge < -0.3 is 0 Å². The fourth-order valence-electron chi connectivity index (χ4n) is 1.76. The Kier molecular flexibility index (Phi) is 4.22. The van der Waals surface area contributed by atoms with E-state index in [1.54, 1.807) is 0 Å². The first kappa shape index (κ1) is 14.1. The molecule has 0 rings (SSSR count). The molecular weight excluding hydrogens is 267 g/mol. The average molecular weight is 288 g/mol. The maximum absolute atomic E-state index is 12.9. The van der Waals surface area contributed by atoms with Crippen LogP contribution in [-0.2, 0) is 13.5 Å². The lowest BCUT2D eigenvalue weighted by molar-refractivity contribution is 0.533. The lowest BCUT2D eigenvalue weighted by atomic mass is 10.2. The van der Waals surface area contributed by atoms with Crippen molar-refractivity contribution in [3.05, 3.63) is 0 Å². The molecule has 80 valence electrons. The summed E-state index contributed by atoms with van der Waals surface area (Å²) in [5, 5.41) is -0.237. The van der Waals surface area contributed by atoms with Crippen molar-refractivity contribution < 1.29 is 4.57 Å². The van der Waals surface area contributed by atoms with Crippen molar-refractivity contribution >= 4 is 30.1 Å². The minimum absolute atomic E-state index is 0.118. The molecule has 0 aromatic heterocycles. The Morgan fingerprint density at radius 1 is 1.00 bits per heavy atom. The molecule has 1 atom stereocenters. The molecule has 0 spiro atoms. The Labute approximate surface area is 92.7 Å². The fourth-order valence-corrected chi connectivity index (χ4v) is 17.6. The highest BCUT2D eigenvalue weighted by Crippen LogP contribution is 2.72. The van der Waals surface area contributed by atoms with Crippen LogP contribution in [0, 0.1) is 0 Å². The molecule has 0 fully saturated rings. The molecule has 4 heteroatoms. The quantitative estimate of drug-likeness (QED) is 0.515. The van der Waals surface area contributed by atoms with Crippen molar-refractivity contribution in [2.45, 2.75) is 51.9 Å². The van der Waals surface area contributed by atoms with Gasteiger partial charge in [0.2, 0.25) is 14.8 Å². The van der Waals surface area contributed by atoms with Gasteiger partial charge in [0.25, 0.3) is 6.34 Å². The van der Waals surface area contributed by atoms with Crippen molar-refractivity contribution in [3.63, 3.8) is 0 Å². The molecular formula is C9H21BrOPS+. The van der Waals surface area contributed by atoms with Crippen LogP contribution >= 0.6 is 21.2 Å². The van der Waals surface area contributed by atoms with Crippen molar-refractivity contribution in [1.82, 2.24) is 0 Å². The van der Waals surface area contributed by atoms with Crippen LogP contribution in [0.4, 0.5) is 0 Å². The monoisotopic (exact) mass is 287 g/mol. The smallest absolute Gasteiger partial charge is 0.263 e. The first-order chi connectivity index (χ1) is 5.44. The van der Waals surface area contributed by atoms with Crippen LogP contribution in [0.1, 0.15) is 41.5 Å². The number of halogens is 1. The first-order valence-electron chi connectivity index (χ1n) is 4.37. The molecule has 0 aliphatic heterocycles. The Bertz CT molecular complexity index is 207. The summed E-state index contributed by atoms with van der Waals surface area (Å²) in [6.07, 6.45) is -0.189. The summed E-state index contributed by atoms with van der Waals surface area (Å²) in [6.45, 7) is 12.4. The van der Waals surface area contributed by atoms with Gasteiger partial charge in [0, 0.05) is 0 Å². The third kappa shape index (κ3) is 2.54. The summed E-state index contributed by atoms with van der Waals surface area (Å²) in [5.74, 6) is 0. The molecule has 1 unspecified atom stereocenters. The van der Waals surface area contributed by atoms with E-state index in [0.717, 1.165) is 0 Å². The van der Waals surface area contributed by atoms with Gasteiger partial charge in [-0.3, -0.25) is 4.57 Å². The van der Waals surface area contributed by atoms with Crippen LogP contribution < -0.4 is 0 Å². The van der Waals surface area contributed by atoms with Crippen molar-refractivity contribution in [2.75, 3.05) is 6.26 Å². The third-order valence-corrected chi connectivity index (χ3v) is 15.4. The second-order valence-electron chi connectivity index (χ2n) is 5.30. The second kappa shape index (κ2) is 3.90. The molecule has 1 nitrogen and oxygen atoms in total. The van der Waals surface area contributed by atoms with Gasteiger partial charge >= 0.3 is 0 Å². The topological polar surface area (TPSA) is 17.1 Å². The minimum atomic E-state index is -2.21.